The summed E-state index contributed by atoms with van der Waals surface area (Å²) in [6.45, 7) is 5.27. The maximum atomic E-state index is 9.93. The fourth-order valence-electron chi connectivity index (χ4n) is 3.11. The summed E-state index contributed by atoms with van der Waals surface area (Å²) in [4.78, 5) is 12.3. The molecule has 4 atom stereocenters. The van der Waals surface area contributed by atoms with E-state index in [9.17, 15) is 10.2 Å². The molecule has 0 amide bonds. The molecule has 3 rings (SSSR count). The number of aliphatic hydroxyl groups is 2. The molecular weight excluding hydrogens is 350 g/mol. The van der Waals surface area contributed by atoms with Gasteiger partial charge in [0.2, 0.25) is 5.28 Å². The van der Waals surface area contributed by atoms with E-state index >= 15 is 0 Å². The van der Waals surface area contributed by atoms with Crippen LogP contribution in [0.15, 0.2) is 6.33 Å². The van der Waals surface area contributed by atoms with Gasteiger partial charge >= 0.3 is 0 Å². The molecule has 10 heteroatoms. The fourth-order valence-corrected chi connectivity index (χ4v) is 3.29. The average molecular weight is 372 g/mol. The van der Waals surface area contributed by atoms with E-state index in [1.54, 1.807) is 24.7 Å². The topological polar surface area (TPSA) is 129 Å². The van der Waals surface area contributed by atoms with Crippen molar-refractivity contribution < 1.29 is 19.7 Å². The van der Waals surface area contributed by atoms with Crippen LogP contribution in [0.4, 0.5) is 5.82 Å². The number of nitrogens with zero attached hydrogens (tertiary/aromatic N) is 4. The molecular formula is C15H22ClN5O4. The summed E-state index contributed by atoms with van der Waals surface area (Å²) >= 11 is 5.88. The molecule has 0 spiro atoms. The molecule has 0 aliphatic carbocycles. The highest BCUT2D eigenvalue weighted by Crippen LogP contribution is 2.33. The minimum Gasteiger partial charge on any atom is -0.394 e. The average Bonchev–Trinajstić information content (AvgIpc) is 3.02. The zero-order valence-electron chi connectivity index (χ0n) is 14.3. The molecule has 2 aromatic rings. The van der Waals surface area contributed by atoms with Crippen LogP contribution in [0.3, 0.4) is 0 Å². The van der Waals surface area contributed by atoms with E-state index in [1.165, 1.54) is 0 Å². The molecule has 1 aliphatic rings. The minimum atomic E-state index is -1.32. The second kappa shape index (κ2) is 6.65. The monoisotopic (exact) mass is 371 g/mol. The van der Waals surface area contributed by atoms with E-state index in [4.69, 9.17) is 26.8 Å². The van der Waals surface area contributed by atoms with Gasteiger partial charge in [-0.2, -0.15) is 9.97 Å². The third-order valence-corrected chi connectivity index (χ3v) is 4.43. The molecule has 9 nitrogen and oxygen atoms in total. The number of ether oxygens (including phenoxy) is 2. The molecule has 0 aromatic carbocycles. The number of hydrogen-bond donors (Lipinski definition) is 3. The van der Waals surface area contributed by atoms with E-state index in [1.807, 2.05) is 6.92 Å². The van der Waals surface area contributed by atoms with Gasteiger partial charge in [-0.05, 0) is 25.4 Å². The molecule has 3 heterocycles. The molecule has 0 radical (unpaired) electrons. The number of hydrogen-bond acceptors (Lipinski definition) is 8. The van der Waals surface area contributed by atoms with Crippen LogP contribution in [0.2, 0.25) is 5.28 Å². The first-order valence-corrected chi connectivity index (χ1v) is 8.37. The zero-order chi connectivity index (χ0) is 18.4. The summed E-state index contributed by atoms with van der Waals surface area (Å²) in [5, 5.41) is 19.6. The molecule has 4 N–H and O–H groups in total. The van der Waals surface area contributed by atoms with Crippen molar-refractivity contribution in [1.29, 1.82) is 0 Å². The van der Waals surface area contributed by atoms with Crippen molar-refractivity contribution in [1.82, 2.24) is 19.5 Å². The van der Waals surface area contributed by atoms with Crippen molar-refractivity contribution in [2.24, 2.45) is 5.92 Å². The number of anilines is 1. The lowest BCUT2D eigenvalue weighted by Crippen LogP contribution is -2.39. The van der Waals surface area contributed by atoms with Crippen molar-refractivity contribution in [2.45, 2.75) is 51.4 Å². The highest BCUT2D eigenvalue weighted by Gasteiger charge is 2.44. The quantitative estimate of drug-likeness (QED) is 0.514. The van der Waals surface area contributed by atoms with Gasteiger partial charge in [0.15, 0.2) is 17.3 Å². The third-order valence-electron chi connectivity index (χ3n) is 4.27. The van der Waals surface area contributed by atoms with Crippen LogP contribution in [-0.4, -0.2) is 60.4 Å². The third kappa shape index (κ3) is 3.70. The lowest BCUT2D eigenvalue weighted by atomic mass is 9.98. The SMILES string of the molecule is C[C@H]1C(Cn2cnc3c(N)nc(Cl)nc32)O[C@H](CO)[C@H]1OC(C)(C)O. The van der Waals surface area contributed by atoms with E-state index in [-0.39, 0.29) is 29.7 Å². The van der Waals surface area contributed by atoms with Crippen LogP contribution in [0.1, 0.15) is 20.8 Å². The Kier molecular flexibility index (Phi) is 4.86. The van der Waals surface area contributed by atoms with Crippen molar-refractivity contribution in [3.05, 3.63) is 11.6 Å². The second-order valence-electron chi connectivity index (χ2n) is 6.73. The number of nitrogen functional groups attached to an aromatic ring is 1. The molecule has 1 unspecified atom stereocenters. The summed E-state index contributed by atoms with van der Waals surface area (Å²) in [6, 6.07) is 0. The summed E-state index contributed by atoms with van der Waals surface area (Å²) < 4.78 is 13.4. The van der Waals surface area contributed by atoms with Crippen LogP contribution in [0.25, 0.3) is 11.2 Å². The summed E-state index contributed by atoms with van der Waals surface area (Å²) in [5.74, 6) is -1.18. The lowest BCUT2D eigenvalue weighted by molar-refractivity contribution is -0.222. The Morgan fingerprint density at radius 3 is 2.76 bits per heavy atom. The van der Waals surface area contributed by atoms with Gasteiger partial charge < -0.3 is 30.0 Å². The molecule has 1 fully saturated rings. The Balaban J connectivity index is 1.84. The van der Waals surface area contributed by atoms with Crippen LogP contribution >= 0.6 is 11.6 Å². The van der Waals surface area contributed by atoms with E-state index in [0.717, 1.165) is 0 Å². The normalized spacial score (nSPS) is 27.3. The van der Waals surface area contributed by atoms with Gasteiger partial charge in [0.25, 0.3) is 0 Å². The molecule has 138 valence electrons. The van der Waals surface area contributed by atoms with Crippen LogP contribution in [0.5, 0.6) is 0 Å². The first-order valence-electron chi connectivity index (χ1n) is 8.00. The molecule has 1 saturated heterocycles. The highest BCUT2D eigenvalue weighted by atomic mass is 35.5. The largest absolute Gasteiger partial charge is 0.394 e. The Morgan fingerprint density at radius 1 is 1.40 bits per heavy atom. The van der Waals surface area contributed by atoms with Crippen molar-refractivity contribution in [3.63, 3.8) is 0 Å². The molecule has 25 heavy (non-hydrogen) atoms. The number of nitrogens with two attached hydrogens (primary N) is 1. The predicted molar refractivity (Wildman–Crippen MR) is 90.8 cm³/mol. The second-order valence-corrected chi connectivity index (χ2v) is 7.07. The van der Waals surface area contributed by atoms with Crippen molar-refractivity contribution in [3.8, 4) is 0 Å². The Bertz CT molecular complexity index is 762. The zero-order valence-corrected chi connectivity index (χ0v) is 15.0. The van der Waals surface area contributed by atoms with Crippen LogP contribution in [-0.2, 0) is 16.0 Å². The Labute approximate surface area is 149 Å². The predicted octanol–water partition coefficient (Wildman–Crippen LogP) is 0.571. The number of aromatic nitrogens is 4. The smallest absolute Gasteiger partial charge is 0.226 e. The maximum Gasteiger partial charge on any atom is 0.226 e. The maximum absolute atomic E-state index is 9.93. The molecule has 2 aromatic heterocycles. The molecule has 1 aliphatic heterocycles. The summed E-state index contributed by atoms with van der Waals surface area (Å²) in [5.41, 5.74) is 6.80. The van der Waals surface area contributed by atoms with E-state index in [0.29, 0.717) is 17.7 Å². The number of aliphatic hydroxyl groups excluding tert-OH is 1. The number of fused-ring (bicyclic) bond motifs is 1. The van der Waals surface area contributed by atoms with Gasteiger partial charge in [0, 0.05) is 5.92 Å². The highest BCUT2D eigenvalue weighted by molar-refractivity contribution is 6.28. The summed E-state index contributed by atoms with van der Waals surface area (Å²) in [7, 11) is 0. The van der Waals surface area contributed by atoms with Gasteiger partial charge in [-0.25, -0.2) is 4.98 Å². The van der Waals surface area contributed by atoms with Crippen LogP contribution in [0, 0.1) is 5.92 Å². The minimum absolute atomic E-state index is 0.0450. The van der Waals surface area contributed by atoms with Crippen molar-refractivity contribution in [2.75, 3.05) is 12.3 Å². The first-order chi connectivity index (χ1) is 11.7. The van der Waals surface area contributed by atoms with Crippen molar-refractivity contribution >= 4 is 28.6 Å². The lowest BCUT2D eigenvalue weighted by Gasteiger charge is -2.28. The molecule has 0 saturated carbocycles. The standard InChI is InChI=1S/C15H22ClN5O4/c1-7-8(24-9(5-22)11(7)25-15(2,3)23)4-21-6-18-10-12(17)19-14(16)20-13(10)21/h6-9,11,22-23H,4-5H2,1-3H3,(H2,17,19,20)/t7-,8?,9+,11-/m0/s1. The van der Waals surface area contributed by atoms with E-state index < -0.39 is 18.0 Å². The van der Waals surface area contributed by atoms with Gasteiger partial charge in [-0.15, -0.1) is 0 Å². The van der Waals surface area contributed by atoms with Gasteiger partial charge in [-0.1, -0.05) is 6.92 Å². The number of imidazole rings is 1. The van der Waals surface area contributed by atoms with E-state index in [2.05, 4.69) is 15.0 Å². The first kappa shape index (κ1) is 18.3. The van der Waals surface area contributed by atoms with Gasteiger partial charge in [0.05, 0.1) is 31.7 Å². The summed E-state index contributed by atoms with van der Waals surface area (Å²) in [6.07, 6.45) is 0.370. The van der Waals surface area contributed by atoms with Gasteiger partial charge in [0.1, 0.15) is 11.6 Å². The Morgan fingerprint density at radius 2 is 2.12 bits per heavy atom. The number of halogens is 1. The fraction of sp³-hybridized carbons (Fsp3) is 0.667. The van der Waals surface area contributed by atoms with Crippen LogP contribution < -0.4 is 5.73 Å². The Hall–Kier alpha value is -1.52. The van der Waals surface area contributed by atoms with Gasteiger partial charge in [-0.3, -0.25) is 0 Å². The molecule has 0 bridgehead atoms. The number of rotatable bonds is 5.